The van der Waals surface area contributed by atoms with Crippen molar-refractivity contribution in [1.82, 2.24) is 0 Å². The van der Waals surface area contributed by atoms with Gasteiger partial charge in [0.1, 0.15) is 5.78 Å². The quantitative estimate of drug-likeness (QED) is 0.185. The van der Waals surface area contributed by atoms with Crippen LogP contribution in [-0.4, -0.2) is 5.78 Å². The summed E-state index contributed by atoms with van der Waals surface area (Å²) in [7, 11) is 0. The van der Waals surface area contributed by atoms with Crippen LogP contribution in [0.5, 0.6) is 0 Å². The van der Waals surface area contributed by atoms with Crippen LogP contribution in [0, 0.1) is 5.92 Å². The molecule has 156 valence electrons. The Morgan fingerprint density at radius 3 is 1.38 bits per heavy atom. The minimum Gasteiger partial charge on any atom is -0.299 e. The van der Waals surface area contributed by atoms with Crippen LogP contribution >= 0.6 is 0 Å². The molecular weight excluding hydrogens is 316 g/mol. The number of hydrogen-bond donors (Lipinski definition) is 0. The number of carbonyl (C=O) groups excluding carboxylic acids is 1. The molecule has 0 radical (unpaired) electrons. The summed E-state index contributed by atoms with van der Waals surface area (Å²) >= 11 is 0. The van der Waals surface area contributed by atoms with Gasteiger partial charge in [0, 0.05) is 12.3 Å². The topological polar surface area (TPSA) is 17.1 Å². The highest BCUT2D eigenvalue weighted by atomic mass is 16.1. The summed E-state index contributed by atoms with van der Waals surface area (Å²) in [5.74, 6) is 0.935. The lowest BCUT2D eigenvalue weighted by Crippen LogP contribution is -2.14. The van der Waals surface area contributed by atoms with E-state index in [-0.39, 0.29) is 0 Å². The monoisotopic (exact) mass is 366 g/mol. The zero-order valence-electron chi connectivity index (χ0n) is 18.6. The summed E-state index contributed by atoms with van der Waals surface area (Å²) in [6.07, 6.45) is 25.9. The Kier molecular flexibility index (Phi) is 20.7. The first kappa shape index (κ1) is 25.7. The predicted molar refractivity (Wildman–Crippen MR) is 118 cm³/mol. The van der Waals surface area contributed by atoms with E-state index in [0.29, 0.717) is 11.7 Å². The first-order valence-corrected chi connectivity index (χ1v) is 12.3. The third kappa shape index (κ3) is 17.1. The third-order valence-electron chi connectivity index (χ3n) is 5.79. The van der Waals surface area contributed by atoms with Gasteiger partial charge in [-0.2, -0.15) is 0 Å². The van der Waals surface area contributed by atoms with Gasteiger partial charge in [-0.3, -0.25) is 4.79 Å². The van der Waals surface area contributed by atoms with Gasteiger partial charge in [0.2, 0.25) is 0 Å². The second kappa shape index (κ2) is 21.0. The third-order valence-corrected chi connectivity index (χ3v) is 5.79. The minimum absolute atomic E-state index is 0.370. The maximum absolute atomic E-state index is 12.5. The van der Waals surface area contributed by atoms with Crippen molar-refractivity contribution in [1.29, 1.82) is 0 Å². The van der Waals surface area contributed by atoms with E-state index in [1.165, 1.54) is 103 Å². The lowest BCUT2D eigenvalue weighted by atomic mass is 9.89. The molecule has 0 rings (SSSR count). The van der Waals surface area contributed by atoms with Gasteiger partial charge < -0.3 is 0 Å². The van der Waals surface area contributed by atoms with Crippen molar-refractivity contribution in [3.05, 3.63) is 0 Å². The zero-order chi connectivity index (χ0) is 19.3. The first-order valence-electron chi connectivity index (χ1n) is 12.3. The standard InChI is InChI=1S/C25H50O/c1-4-7-10-11-12-13-14-15-16-17-18-20-22-24(21-9-6-3)25(26)23-19-8-5-2/h24H,4-23H2,1-3H3. The molecule has 0 aromatic heterocycles. The van der Waals surface area contributed by atoms with Crippen molar-refractivity contribution >= 4 is 5.78 Å². The zero-order valence-corrected chi connectivity index (χ0v) is 18.6. The summed E-state index contributed by atoms with van der Waals surface area (Å²) in [6, 6.07) is 0. The summed E-state index contributed by atoms with van der Waals surface area (Å²) in [6.45, 7) is 6.74. The lowest BCUT2D eigenvalue weighted by Gasteiger charge is -2.15. The van der Waals surface area contributed by atoms with Gasteiger partial charge in [-0.25, -0.2) is 0 Å². The van der Waals surface area contributed by atoms with E-state index in [2.05, 4.69) is 20.8 Å². The van der Waals surface area contributed by atoms with Gasteiger partial charge >= 0.3 is 0 Å². The number of carbonyl (C=O) groups is 1. The van der Waals surface area contributed by atoms with Crippen LogP contribution in [0.1, 0.15) is 149 Å². The van der Waals surface area contributed by atoms with Gasteiger partial charge in [0.25, 0.3) is 0 Å². The van der Waals surface area contributed by atoms with Gasteiger partial charge in [-0.1, -0.05) is 124 Å². The highest BCUT2D eigenvalue weighted by Crippen LogP contribution is 2.21. The van der Waals surface area contributed by atoms with Crippen LogP contribution < -0.4 is 0 Å². The summed E-state index contributed by atoms with van der Waals surface area (Å²) in [4.78, 5) is 12.5. The molecule has 0 aromatic carbocycles. The average molecular weight is 367 g/mol. The van der Waals surface area contributed by atoms with Crippen molar-refractivity contribution in [2.75, 3.05) is 0 Å². The van der Waals surface area contributed by atoms with E-state index in [4.69, 9.17) is 0 Å². The largest absolute Gasteiger partial charge is 0.299 e. The van der Waals surface area contributed by atoms with Gasteiger partial charge in [-0.15, -0.1) is 0 Å². The molecule has 1 nitrogen and oxygen atoms in total. The number of Topliss-reactive ketones (excluding diaryl/α,β-unsaturated/α-hetero) is 1. The van der Waals surface area contributed by atoms with Gasteiger partial charge in [0.05, 0.1) is 0 Å². The molecule has 0 saturated heterocycles. The van der Waals surface area contributed by atoms with Gasteiger partial charge in [0.15, 0.2) is 0 Å². The van der Waals surface area contributed by atoms with Crippen LogP contribution in [0.25, 0.3) is 0 Å². The van der Waals surface area contributed by atoms with Crippen LogP contribution in [0.3, 0.4) is 0 Å². The SMILES string of the molecule is CCCCCCCCCCCCCCC(CCCC)C(=O)CCCCC. The second-order valence-electron chi connectivity index (χ2n) is 8.44. The van der Waals surface area contributed by atoms with E-state index >= 15 is 0 Å². The Balaban J connectivity index is 3.61. The highest BCUT2D eigenvalue weighted by Gasteiger charge is 2.16. The lowest BCUT2D eigenvalue weighted by molar-refractivity contribution is -0.123. The Morgan fingerprint density at radius 1 is 0.500 bits per heavy atom. The molecule has 0 amide bonds. The van der Waals surface area contributed by atoms with E-state index in [1.54, 1.807) is 0 Å². The fraction of sp³-hybridized carbons (Fsp3) is 0.960. The average Bonchev–Trinajstić information content (AvgIpc) is 2.65. The molecule has 0 bridgehead atoms. The molecule has 26 heavy (non-hydrogen) atoms. The summed E-state index contributed by atoms with van der Waals surface area (Å²) < 4.78 is 0. The Bertz CT molecular complexity index is 284. The molecule has 0 fully saturated rings. The van der Waals surface area contributed by atoms with Crippen LogP contribution in [0.2, 0.25) is 0 Å². The molecule has 0 aliphatic carbocycles. The number of rotatable bonds is 21. The molecule has 0 aliphatic rings. The molecular formula is C25H50O. The van der Waals surface area contributed by atoms with E-state index in [9.17, 15) is 4.79 Å². The van der Waals surface area contributed by atoms with E-state index in [0.717, 1.165) is 25.7 Å². The van der Waals surface area contributed by atoms with Crippen molar-refractivity contribution in [2.45, 2.75) is 149 Å². The van der Waals surface area contributed by atoms with Crippen LogP contribution in [0.15, 0.2) is 0 Å². The van der Waals surface area contributed by atoms with Crippen molar-refractivity contribution in [3.63, 3.8) is 0 Å². The fourth-order valence-corrected chi connectivity index (χ4v) is 3.90. The molecule has 1 heteroatoms. The Hall–Kier alpha value is -0.330. The molecule has 0 heterocycles. The molecule has 0 aliphatic heterocycles. The highest BCUT2D eigenvalue weighted by molar-refractivity contribution is 5.80. The van der Waals surface area contributed by atoms with E-state index in [1.807, 2.05) is 0 Å². The normalized spacial score (nSPS) is 12.4. The number of ketones is 1. The molecule has 0 saturated carbocycles. The van der Waals surface area contributed by atoms with Gasteiger partial charge in [-0.05, 0) is 19.3 Å². The van der Waals surface area contributed by atoms with E-state index < -0.39 is 0 Å². The molecule has 0 aromatic rings. The smallest absolute Gasteiger partial charge is 0.135 e. The molecule has 1 unspecified atom stereocenters. The predicted octanol–water partition coefficient (Wildman–Crippen LogP) is 9.03. The molecule has 0 N–H and O–H groups in total. The second-order valence-corrected chi connectivity index (χ2v) is 8.44. The molecule has 1 atom stereocenters. The fourth-order valence-electron chi connectivity index (χ4n) is 3.90. The maximum Gasteiger partial charge on any atom is 0.135 e. The first-order chi connectivity index (χ1) is 12.8. The maximum atomic E-state index is 12.5. The van der Waals surface area contributed by atoms with Crippen LogP contribution in [0.4, 0.5) is 0 Å². The number of hydrogen-bond acceptors (Lipinski definition) is 1. The Labute approximate surface area is 166 Å². The Morgan fingerprint density at radius 2 is 0.885 bits per heavy atom. The summed E-state index contributed by atoms with van der Waals surface area (Å²) in [5, 5.41) is 0. The minimum atomic E-state index is 0.370. The number of unbranched alkanes of at least 4 members (excludes halogenated alkanes) is 14. The van der Waals surface area contributed by atoms with Crippen molar-refractivity contribution < 1.29 is 4.79 Å². The van der Waals surface area contributed by atoms with Crippen molar-refractivity contribution in [3.8, 4) is 0 Å². The molecule has 0 spiro atoms. The van der Waals surface area contributed by atoms with Crippen molar-refractivity contribution in [2.24, 2.45) is 5.92 Å². The summed E-state index contributed by atoms with van der Waals surface area (Å²) in [5.41, 5.74) is 0. The van der Waals surface area contributed by atoms with Crippen LogP contribution in [-0.2, 0) is 4.79 Å².